The number of aliphatic carboxylic acids is 1. The van der Waals surface area contributed by atoms with Crippen molar-refractivity contribution >= 4 is 23.3 Å². The summed E-state index contributed by atoms with van der Waals surface area (Å²) in [5.41, 5.74) is -2.00. The van der Waals surface area contributed by atoms with Crippen molar-refractivity contribution in [2.75, 3.05) is 0 Å². The number of allylic oxidation sites excluding steroid dienone is 2. The largest absolute Gasteiger partial charge is 0.481 e. The molecule has 9 atom stereocenters. The SMILES string of the molecule is C/C(=C/C(=O)CC(C)C(=O)O)[C@H]1CC(=O)[C@@]2(C)C3=C4[C@]5(C)[C@@H](CC3O)C(C)(C)C(=O)C[C@@H]5[C@]4(O)C[C@]12C. The van der Waals surface area contributed by atoms with Crippen LogP contribution in [0.1, 0.15) is 80.6 Å². The Balaban J connectivity index is 1.63. The third kappa shape index (κ3) is 2.90. The van der Waals surface area contributed by atoms with E-state index in [4.69, 9.17) is 0 Å². The van der Waals surface area contributed by atoms with Crippen molar-refractivity contribution in [3.05, 3.63) is 22.8 Å². The Kier molecular flexibility index (Phi) is 5.37. The van der Waals surface area contributed by atoms with Crippen LogP contribution in [0.2, 0.25) is 0 Å². The van der Waals surface area contributed by atoms with E-state index in [1.165, 1.54) is 13.0 Å². The summed E-state index contributed by atoms with van der Waals surface area (Å²) in [4.78, 5) is 51.1. The third-order valence-corrected chi connectivity index (χ3v) is 11.9. The second kappa shape index (κ2) is 7.50. The molecule has 0 aromatic carbocycles. The minimum Gasteiger partial charge on any atom is -0.481 e. The molecule has 202 valence electrons. The predicted molar refractivity (Wildman–Crippen MR) is 135 cm³/mol. The average molecular weight is 513 g/mol. The van der Waals surface area contributed by atoms with Gasteiger partial charge in [-0.1, -0.05) is 40.2 Å². The maximum absolute atomic E-state index is 13.9. The molecular formula is C30H40O7. The van der Waals surface area contributed by atoms with E-state index in [1.54, 1.807) is 6.92 Å². The van der Waals surface area contributed by atoms with Crippen LogP contribution < -0.4 is 0 Å². The Bertz CT molecular complexity index is 1210. The maximum Gasteiger partial charge on any atom is 0.306 e. The zero-order valence-corrected chi connectivity index (χ0v) is 23.0. The lowest BCUT2D eigenvalue weighted by Crippen LogP contribution is -2.77. The molecule has 5 rings (SSSR count). The Labute approximate surface area is 218 Å². The minimum absolute atomic E-state index is 0.000603. The first kappa shape index (κ1) is 26.5. The normalized spacial score (nSPS) is 46.7. The highest BCUT2D eigenvalue weighted by Crippen LogP contribution is 2.81. The van der Waals surface area contributed by atoms with Gasteiger partial charge in [0.1, 0.15) is 11.6 Å². The molecule has 7 nitrogen and oxygen atoms in total. The van der Waals surface area contributed by atoms with Crippen molar-refractivity contribution in [1.82, 2.24) is 0 Å². The summed E-state index contributed by atoms with van der Waals surface area (Å²) >= 11 is 0. The second-order valence-electron chi connectivity index (χ2n) is 13.9. The Morgan fingerprint density at radius 1 is 1.05 bits per heavy atom. The highest BCUT2D eigenvalue weighted by Gasteiger charge is 2.81. The quantitative estimate of drug-likeness (QED) is 0.379. The van der Waals surface area contributed by atoms with Gasteiger partial charge in [-0.25, -0.2) is 0 Å². The van der Waals surface area contributed by atoms with Crippen LogP contribution in [-0.2, 0) is 19.2 Å². The molecule has 3 saturated carbocycles. The van der Waals surface area contributed by atoms with Gasteiger partial charge >= 0.3 is 5.97 Å². The first-order valence-electron chi connectivity index (χ1n) is 13.5. The average Bonchev–Trinajstić information content (AvgIpc) is 2.98. The van der Waals surface area contributed by atoms with Gasteiger partial charge in [0.25, 0.3) is 0 Å². The van der Waals surface area contributed by atoms with Crippen LogP contribution in [0.25, 0.3) is 0 Å². The lowest BCUT2D eigenvalue weighted by atomic mass is 9.28. The van der Waals surface area contributed by atoms with Gasteiger partial charge in [0, 0.05) is 36.0 Å². The third-order valence-electron chi connectivity index (χ3n) is 11.9. The van der Waals surface area contributed by atoms with Crippen LogP contribution >= 0.6 is 0 Å². The van der Waals surface area contributed by atoms with Crippen molar-refractivity contribution in [1.29, 1.82) is 0 Å². The Hall–Kier alpha value is -2.12. The first-order chi connectivity index (χ1) is 16.9. The Morgan fingerprint density at radius 2 is 1.68 bits per heavy atom. The first-order valence-corrected chi connectivity index (χ1v) is 13.5. The fourth-order valence-corrected chi connectivity index (χ4v) is 9.85. The molecule has 0 amide bonds. The molecule has 3 N–H and O–H groups in total. The lowest BCUT2D eigenvalue weighted by Gasteiger charge is -2.76. The molecule has 2 unspecified atom stereocenters. The second-order valence-corrected chi connectivity index (χ2v) is 13.9. The van der Waals surface area contributed by atoms with E-state index in [0.717, 1.165) is 5.57 Å². The van der Waals surface area contributed by atoms with Crippen molar-refractivity contribution in [3.8, 4) is 0 Å². The fourth-order valence-electron chi connectivity index (χ4n) is 9.85. The molecule has 0 radical (unpaired) electrons. The van der Waals surface area contributed by atoms with E-state index in [0.29, 0.717) is 17.6 Å². The topological polar surface area (TPSA) is 129 Å². The number of ketones is 3. The summed E-state index contributed by atoms with van der Waals surface area (Å²) in [6, 6.07) is 0. The molecule has 5 aliphatic carbocycles. The van der Waals surface area contributed by atoms with Crippen molar-refractivity contribution in [2.24, 2.45) is 45.3 Å². The number of hydrogen-bond donors (Lipinski definition) is 3. The van der Waals surface area contributed by atoms with E-state index in [9.17, 15) is 34.5 Å². The van der Waals surface area contributed by atoms with Crippen LogP contribution in [0.15, 0.2) is 22.8 Å². The minimum atomic E-state index is -1.28. The van der Waals surface area contributed by atoms with Crippen LogP contribution in [0, 0.1) is 45.3 Å². The summed E-state index contributed by atoms with van der Waals surface area (Å²) in [6.07, 6.45) is 1.53. The van der Waals surface area contributed by atoms with E-state index in [-0.39, 0.29) is 60.8 Å². The molecule has 37 heavy (non-hydrogen) atoms. The number of carbonyl (C=O) groups excluding carboxylic acids is 3. The number of aliphatic hydroxyl groups is 2. The van der Waals surface area contributed by atoms with Crippen LogP contribution in [-0.4, -0.2) is 50.3 Å². The number of aliphatic hydroxyl groups excluding tert-OH is 1. The van der Waals surface area contributed by atoms with Gasteiger partial charge in [-0.05, 0) is 61.2 Å². The molecule has 0 aromatic rings. The monoisotopic (exact) mass is 512 g/mol. The fraction of sp³-hybridized carbons (Fsp3) is 0.733. The van der Waals surface area contributed by atoms with Gasteiger partial charge < -0.3 is 15.3 Å². The number of rotatable bonds is 5. The Morgan fingerprint density at radius 3 is 2.27 bits per heavy atom. The van der Waals surface area contributed by atoms with Crippen LogP contribution in [0.5, 0.6) is 0 Å². The molecule has 0 heterocycles. The van der Waals surface area contributed by atoms with Gasteiger partial charge in [0.2, 0.25) is 0 Å². The summed E-state index contributed by atoms with van der Waals surface area (Å²) in [5.74, 6) is -2.78. The molecule has 0 saturated heterocycles. The zero-order valence-electron chi connectivity index (χ0n) is 23.0. The number of hydrogen-bond acceptors (Lipinski definition) is 6. The summed E-state index contributed by atoms with van der Waals surface area (Å²) in [6.45, 7) is 13.2. The van der Waals surface area contributed by atoms with Crippen LogP contribution in [0.4, 0.5) is 0 Å². The molecular weight excluding hydrogens is 472 g/mol. The maximum atomic E-state index is 13.9. The van der Waals surface area contributed by atoms with Gasteiger partial charge in [0.15, 0.2) is 5.78 Å². The van der Waals surface area contributed by atoms with Crippen LogP contribution in [0.3, 0.4) is 0 Å². The molecule has 0 spiro atoms. The molecule has 0 aromatic heterocycles. The number of fused-ring (bicyclic) bond motifs is 3. The van der Waals surface area contributed by atoms with E-state index >= 15 is 0 Å². The summed E-state index contributed by atoms with van der Waals surface area (Å²) in [7, 11) is 0. The van der Waals surface area contributed by atoms with Gasteiger partial charge in [-0.3, -0.25) is 19.2 Å². The summed E-state index contributed by atoms with van der Waals surface area (Å²) < 4.78 is 0. The van der Waals surface area contributed by atoms with Gasteiger partial charge in [-0.15, -0.1) is 0 Å². The van der Waals surface area contributed by atoms with E-state index in [2.05, 4.69) is 6.92 Å². The van der Waals surface area contributed by atoms with Gasteiger partial charge in [0.05, 0.1) is 23.0 Å². The highest BCUT2D eigenvalue weighted by molar-refractivity contribution is 5.96. The van der Waals surface area contributed by atoms with E-state index in [1.807, 2.05) is 27.7 Å². The number of carboxylic acid groups (broad SMARTS) is 1. The van der Waals surface area contributed by atoms with Crippen molar-refractivity contribution in [2.45, 2.75) is 92.3 Å². The lowest BCUT2D eigenvalue weighted by molar-refractivity contribution is -0.232. The molecule has 0 bridgehead atoms. The standard InChI is InChI=1S/C30H40O7/c1-14(8-16(31)9-15(2)25(35)36)17-10-22(34)29(7)23-18(32)11-19-26(3,4)21(33)12-20-28(19,6)24(23)30(20,37)13-27(17,29)5/h8,15,17-20,32,37H,9-13H2,1-7H3,(H,35,36)/b14-8-/t15?,17-,18?,19+,20+,27-,28-,29+,30-/m1/s1. The van der Waals surface area contributed by atoms with Gasteiger partial charge in [-0.2, -0.15) is 0 Å². The molecule has 5 aliphatic rings. The number of Topliss-reactive ketones (excluding diaryl/α,β-unsaturated/α-hetero) is 2. The highest BCUT2D eigenvalue weighted by atomic mass is 16.4. The summed E-state index contributed by atoms with van der Waals surface area (Å²) in [5, 5.41) is 33.1. The smallest absolute Gasteiger partial charge is 0.306 e. The number of carboxylic acids is 1. The van der Waals surface area contributed by atoms with Crippen molar-refractivity contribution in [3.63, 3.8) is 0 Å². The van der Waals surface area contributed by atoms with E-state index < -0.39 is 45.3 Å². The molecule has 7 heteroatoms. The molecule has 0 aliphatic heterocycles. The predicted octanol–water partition coefficient (Wildman–Crippen LogP) is 3.66. The van der Waals surface area contributed by atoms with Crippen molar-refractivity contribution < 1.29 is 34.5 Å². The molecule has 3 fully saturated rings. The zero-order chi connectivity index (χ0) is 27.7. The number of carbonyl (C=O) groups is 4.